The molecule has 3 N–H and O–H groups in total. The van der Waals surface area contributed by atoms with Crippen LogP contribution < -0.4 is 10.6 Å². The Labute approximate surface area is 167 Å². The summed E-state index contributed by atoms with van der Waals surface area (Å²) in [5.74, 6) is -0.195. The van der Waals surface area contributed by atoms with Crippen LogP contribution in [0.15, 0.2) is 42.6 Å². The van der Waals surface area contributed by atoms with Gasteiger partial charge in [-0.2, -0.15) is 0 Å². The lowest BCUT2D eigenvalue weighted by atomic mass is 10.1. The Balaban J connectivity index is 1.52. The van der Waals surface area contributed by atoms with Gasteiger partial charge in [0.25, 0.3) is 0 Å². The van der Waals surface area contributed by atoms with Gasteiger partial charge in [-0.25, -0.2) is 0 Å². The molecule has 2 aromatic rings. The largest absolute Gasteiger partial charge is 0.391 e. The summed E-state index contributed by atoms with van der Waals surface area (Å²) in [5.41, 5.74) is 3.96. The van der Waals surface area contributed by atoms with Crippen molar-refractivity contribution in [2.75, 3.05) is 11.9 Å². The fourth-order valence-electron chi connectivity index (χ4n) is 3.58. The molecule has 0 radical (unpaired) electrons. The highest BCUT2D eigenvalue weighted by Crippen LogP contribution is 2.21. The smallest absolute Gasteiger partial charge is 0.244 e. The van der Waals surface area contributed by atoms with E-state index in [1.165, 1.54) is 37.7 Å². The van der Waals surface area contributed by atoms with Gasteiger partial charge in [0.05, 0.1) is 11.8 Å². The first kappa shape index (κ1) is 20.5. The van der Waals surface area contributed by atoms with Crippen LogP contribution in [-0.2, 0) is 11.2 Å². The van der Waals surface area contributed by atoms with Crippen LogP contribution in [0.4, 0.5) is 5.69 Å². The number of rotatable bonds is 9. The maximum absolute atomic E-state index is 12.2. The molecule has 0 bridgehead atoms. The van der Waals surface area contributed by atoms with E-state index >= 15 is 0 Å². The molecule has 1 aromatic heterocycles. The molecule has 3 rings (SSSR count). The number of aryl methyl sites for hydroxylation is 1. The number of aliphatic hydroxyl groups is 1. The summed E-state index contributed by atoms with van der Waals surface area (Å²) in [4.78, 5) is 16.8. The van der Waals surface area contributed by atoms with Gasteiger partial charge >= 0.3 is 0 Å². The normalized spacial score (nSPS) is 18.9. The van der Waals surface area contributed by atoms with Crippen LogP contribution in [0.2, 0.25) is 0 Å². The van der Waals surface area contributed by atoms with Gasteiger partial charge in [0.1, 0.15) is 6.04 Å². The van der Waals surface area contributed by atoms with Crippen molar-refractivity contribution >= 4 is 11.6 Å². The molecule has 0 spiro atoms. The SMILES string of the molecule is CCCCCCCc1ccc(-c2ccc(NC(=O)[C@H]3NCC[C@@H]3O)cc2)nc1. The van der Waals surface area contributed by atoms with E-state index in [1.807, 2.05) is 30.5 Å². The highest BCUT2D eigenvalue weighted by molar-refractivity contribution is 5.95. The lowest BCUT2D eigenvalue weighted by Gasteiger charge is -2.14. The van der Waals surface area contributed by atoms with Crippen LogP contribution in [-0.4, -0.2) is 34.7 Å². The maximum Gasteiger partial charge on any atom is 0.244 e. The van der Waals surface area contributed by atoms with Gasteiger partial charge in [-0.05, 0) is 49.6 Å². The van der Waals surface area contributed by atoms with Gasteiger partial charge in [0.15, 0.2) is 0 Å². The molecule has 1 aliphatic heterocycles. The second-order valence-corrected chi connectivity index (χ2v) is 7.57. The summed E-state index contributed by atoms with van der Waals surface area (Å²) < 4.78 is 0. The number of aliphatic hydroxyl groups excluding tert-OH is 1. The second-order valence-electron chi connectivity index (χ2n) is 7.57. The van der Waals surface area contributed by atoms with E-state index in [9.17, 15) is 9.90 Å². The average Bonchev–Trinajstić information content (AvgIpc) is 3.15. The minimum Gasteiger partial charge on any atom is -0.391 e. The number of anilines is 1. The van der Waals surface area contributed by atoms with E-state index in [2.05, 4.69) is 34.7 Å². The monoisotopic (exact) mass is 381 g/mol. The lowest BCUT2D eigenvalue weighted by molar-refractivity contribution is -0.119. The van der Waals surface area contributed by atoms with Crippen LogP contribution in [0.3, 0.4) is 0 Å². The van der Waals surface area contributed by atoms with Crippen LogP contribution in [0.1, 0.15) is 51.0 Å². The van der Waals surface area contributed by atoms with Gasteiger partial charge in [-0.3, -0.25) is 9.78 Å². The Morgan fingerprint density at radius 3 is 2.57 bits per heavy atom. The first-order chi connectivity index (χ1) is 13.7. The average molecular weight is 382 g/mol. The molecule has 0 saturated carbocycles. The van der Waals surface area contributed by atoms with Gasteiger partial charge in [0, 0.05) is 17.4 Å². The summed E-state index contributed by atoms with van der Waals surface area (Å²) in [6, 6.07) is 11.4. The van der Waals surface area contributed by atoms with Gasteiger partial charge in [-0.1, -0.05) is 50.8 Å². The van der Waals surface area contributed by atoms with Gasteiger partial charge < -0.3 is 15.7 Å². The second kappa shape index (κ2) is 10.3. The zero-order valence-corrected chi connectivity index (χ0v) is 16.7. The minimum absolute atomic E-state index is 0.195. The number of aromatic nitrogens is 1. The topological polar surface area (TPSA) is 74.2 Å². The van der Waals surface area contributed by atoms with Crippen molar-refractivity contribution in [2.45, 2.75) is 64.0 Å². The minimum atomic E-state index is -0.617. The number of nitrogens with zero attached hydrogens (tertiary/aromatic N) is 1. The molecule has 2 atom stereocenters. The summed E-state index contributed by atoms with van der Waals surface area (Å²) >= 11 is 0. The number of amides is 1. The molecule has 28 heavy (non-hydrogen) atoms. The van der Waals surface area contributed by atoms with E-state index < -0.39 is 12.1 Å². The third-order valence-corrected chi connectivity index (χ3v) is 5.31. The molecule has 1 fully saturated rings. The lowest BCUT2D eigenvalue weighted by Crippen LogP contribution is -2.42. The molecule has 0 unspecified atom stereocenters. The van der Waals surface area contributed by atoms with Crippen molar-refractivity contribution in [3.63, 3.8) is 0 Å². The van der Waals surface area contributed by atoms with Crippen LogP contribution in [0.5, 0.6) is 0 Å². The number of benzene rings is 1. The molecule has 0 aliphatic carbocycles. The van der Waals surface area contributed by atoms with E-state index in [1.54, 1.807) is 0 Å². The Bertz CT molecular complexity index is 743. The predicted molar refractivity (Wildman–Crippen MR) is 113 cm³/mol. The van der Waals surface area contributed by atoms with Crippen molar-refractivity contribution in [3.05, 3.63) is 48.2 Å². The Morgan fingerprint density at radius 1 is 1.14 bits per heavy atom. The number of carbonyl (C=O) groups is 1. The third kappa shape index (κ3) is 5.63. The van der Waals surface area contributed by atoms with Gasteiger partial charge in [0.2, 0.25) is 5.91 Å². The molecule has 2 heterocycles. The molecule has 5 heteroatoms. The third-order valence-electron chi connectivity index (χ3n) is 5.31. The number of nitrogens with one attached hydrogen (secondary N) is 2. The fraction of sp³-hybridized carbons (Fsp3) is 0.478. The standard InChI is InChI=1S/C23H31N3O2/c1-2-3-4-5-6-7-17-8-13-20(25-16-17)18-9-11-19(12-10-18)26-23(28)22-21(27)14-15-24-22/h8-13,16,21-22,24,27H,2-7,14-15H2,1H3,(H,26,28)/t21-,22-/m0/s1. The van der Waals surface area contributed by atoms with Crippen LogP contribution >= 0.6 is 0 Å². The Hall–Kier alpha value is -2.24. The zero-order valence-electron chi connectivity index (χ0n) is 16.7. The number of carbonyl (C=O) groups excluding carboxylic acids is 1. The summed E-state index contributed by atoms with van der Waals surface area (Å²) in [6.45, 7) is 2.90. The van der Waals surface area contributed by atoms with Crippen molar-refractivity contribution < 1.29 is 9.90 Å². The predicted octanol–water partition coefficient (Wildman–Crippen LogP) is 3.92. The van der Waals surface area contributed by atoms with Gasteiger partial charge in [-0.15, -0.1) is 0 Å². The Kier molecular flexibility index (Phi) is 7.57. The number of hydrogen-bond donors (Lipinski definition) is 3. The quantitative estimate of drug-likeness (QED) is 0.576. The first-order valence-corrected chi connectivity index (χ1v) is 10.4. The Morgan fingerprint density at radius 2 is 1.93 bits per heavy atom. The van der Waals surface area contributed by atoms with Crippen LogP contribution in [0.25, 0.3) is 11.3 Å². The number of hydrogen-bond acceptors (Lipinski definition) is 4. The molecular formula is C23H31N3O2. The molecule has 150 valence electrons. The van der Waals surface area contributed by atoms with E-state index in [-0.39, 0.29) is 5.91 Å². The van der Waals surface area contributed by atoms with Crippen molar-refractivity contribution in [3.8, 4) is 11.3 Å². The first-order valence-electron chi connectivity index (χ1n) is 10.4. The van der Waals surface area contributed by atoms with Crippen molar-refractivity contribution in [2.24, 2.45) is 0 Å². The molecular weight excluding hydrogens is 350 g/mol. The molecule has 1 aromatic carbocycles. The fourth-order valence-corrected chi connectivity index (χ4v) is 3.58. The zero-order chi connectivity index (χ0) is 19.8. The highest BCUT2D eigenvalue weighted by Gasteiger charge is 2.30. The van der Waals surface area contributed by atoms with Crippen LogP contribution in [0, 0.1) is 0 Å². The summed E-state index contributed by atoms with van der Waals surface area (Å²) in [5, 5.41) is 15.7. The van der Waals surface area contributed by atoms with E-state index in [0.29, 0.717) is 13.0 Å². The summed E-state index contributed by atoms with van der Waals surface area (Å²) in [7, 11) is 0. The van der Waals surface area contributed by atoms with E-state index in [0.717, 1.165) is 23.4 Å². The molecule has 5 nitrogen and oxygen atoms in total. The number of unbranched alkanes of at least 4 members (excludes halogenated alkanes) is 4. The number of pyridine rings is 1. The van der Waals surface area contributed by atoms with E-state index in [4.69, 9.17) is 0 Å². The summed E-state index contributed by atoms with van der Waals surface area (Å²) in [6.07, 6.45) is 9.48. The highest BCUT2D eigenvalue weighted by atomic mass is 16.3. The molecule has 1 aliphatic rings. The van der Waals surface area contributed by atoms with Crippen molar-refractivity contribution in [1.29, 1.82) is 0 Å². The van der Waals surface area contributed by atoms with Crippen molar-refractivity contribution in [1.82, 2.24) is 10.3 Å². The maximum atomic E-state index is 12.2. The molecule has 1 saturated heterocycles. The molecule has 1 amide bonds.